The molecular formula is C25H31N5. The molecule has 0 radical (unpaired) electrons. The second kappa shape index (κ2) is 7.88. The summed E-state index contributed by atoms with van der Waals surface area (Å²) in [6.07, 6.45) is 3.93. The summed E-state index contributed by atoms with van der Waals surface area (Å²) in [5.74, 6) is 2.12. The molecule has 2 aliphatic heterocycles. The number of aryl methyl sites for hydroxylation is 2. The van der Waals surface area contributed by atoms with Crippen molar-refractivity contribution in [3.63, 3.8) is 0 Å². The summed E-state index contributed by atoms with van der Waals surface area (Å²) in [6.45, 7) is 8.20. The molecule has 3 aromatic rings. The average Bonchev–Trinajstić information content (AvgIpc) is 2.78. The molecule has 0 saturated carbocycles. The molecule has 1 aromatic heterocycles. The second-order valence-electron chi connectivity index (χ2n) is 8.69. The van der Waals surface area contributed by atoms with E-state index in [0.717, 1.165) is 63.5 Å². The maximum absolute atomic E-state index is 6.14. The van der Waals surface area contributed by atoms with Gasteiger partial charge in [0, 0.05) is 48.7 Å². The van der Waals surface area contributed by atoms with Crippen molar-refractivity contribution >= 4 is 22.3 Å². The topological polar surface area (TPSA) is 58.3 Å². The van der Waals surface area contributed by atoms with Gasteiger partial charge in [-0.15, -0.1) is 0 Å². The first-order valence-corrected chi connectivity index (χ1v) is 11.3. The summed E-state index contributed by atoms with van der Waals surface area (Å²) in [6, 6.07) is 13.5. The fourth-order valence-corrected chi connectivity index (χ4v) is 4.97. The number of fused-ring (bicyclic) bond motifs is 2. The van der Waals surface area contributed by atoms with Crippen LogP contribution in [0.4, 0.5) is 11.5 Å². The minimum atomic E-state index is 0.328. The van der Waals surface area contributed by atoms with Crippen molar-refractivity contribution in [3.8, 4) is 0 Å². The highest BCUT2D eigenvalue weighted by molar-refractivity contribution is 5.97. The third kappa shape index (κ3) is 3.41. The number of hydrogen-bond donors (Lipinski definition) is 1. The van der Waals surface area contributed by atoms with Gasteiger partial charge in [-0.2, -0.15) is 0 Å². The van der Waals surface area contributed by atoms with Crippen molar-refractivity contribution in [3.05, 3.63) is 59.0 Å². The Bertz CT molecular complexity index is 1060. The zero-order valence-electron chi connectivity index (χ0n) is 18.1. The molecule has 0 unspecified atom stereocenters. The zero-order valence-corrected chi connectivity index (χ0v) is 18.1. The lowest BCUT2D eigenvalue weighted by atomic mass is 9.99. The standard InChI is InChI=1S/C25H31N5/c1-3-23-27-21-16-30(22-9-5-8-18-7-4-6-17(2)24(18)22)15-12-20(21)25(28-23)29-13-10-19(26)11-14-29/h4-9,19H,3,10-16,26H2,1-2H3. The zero-order chi connectivity index (χ0) is 20.7. The Labute approximate surface area is 178 Å². The lowest BCUT2D eigenvalue weighted by molar-refractivity contribution is 0.495. The largest absolute Gasteiger partial charge is 0.365 e. The molecule has 3 heterocycles. The smallest absolute Gasteiger partial charge is 0.135 e. The summed E-state index contributed by atoms with van der Waals surface area (Å²) in [7, 11) is 0. The molecule has 156 valence electrons. The van der Waals surface area contributed by atoms with Gasteiger partial charge in [0.1, 0.15) is 11.6 Å². The van der Waals surface area contributed by atoms with Gasteiger partial charge < -0.3 is 15.5 Å². The van der Waals surface area contributed by atoms with Crippen LogP contribution in [0.15, 0.2) is 36.4 Å². The molecule has 1 saturated heterocycles. The minimum absolute atomic E-state index is 0.328. The van der Waals surface area contributed by atoms with Crippen LogP contribution in [-0.4, -0.2) is 35.6 Å². The van der Waals surface area contributed by atoms with Gasteiger partial charge in [-0.1, -0.05) is 37.3 Å². The van der Waals surface area contributed by atoms with Crippen molar-refractivity contribution in [2.75, 3.05) is 29.4 Å². The minimum Gasteiger partial charge on any atom is -0.365 e. The molecule has 0 atom stereocenters. The molecule has 1 fully saturated rings. The van der Waals surface area contributed by atoms with E-state index in [-0.39, 0.29) is 0 Å². The number of piperidine rings is 1. The first kappa shape index (κ1) is 19.3. The van der Waals surface area contributed by atoms with E-state index in [1.54, 1.807) is 0 Å². The van der Waals surface area contributed by atoms with E-state index in [0.29, 0.717) is 6.04 Å². The highest BCUT2D eigenvalue weighted by Gasteiger charge is 2.27. The lowest BCUT2D eigenvalue weighted by Crippen LogP contribution is -2.41. The summed E-state index contributed by atoms with van der Waals surface area (Å²) in [5.41, 5.74) is 11.3. The number of nitrogens with zero attached hydrogens (tertiary/aromatic N) is 4. The van der Waals surface area contributed by atoms with Crippen LogP contribution in [-0.2, 0) is 19.4 Å². The number of rotatable bonds is 3. The Kier molecular flexibility index (Phi) is 5.07. The monoisotopic (exact) mass is 401 g/mol. The molecule has 30 heavy (non-hydrogen) atoms. The van der Waals surface area contributed by atoms with E-state index in [9.17, 15) is 0 Å². The van der Waals surface area contributed by atoms with Gasteiger partial charge in [0.15, 0.2) is 0 Å². The molecule has 5 nitrogen and oxygen atoms in total. The van der Waals surface area contributed by atoms with Crippen LogP contribution in [0, 0.1) is 6.92 Å². The number of anilines is 2. The molecular weight excluding hydrogens is 370 g/mol. The molecule has 2 aromatic carbocycles. The fourth-order valence-electron chi connectivity index (χ4n) is 4.97. The predicted molar refractivity (Wildman–Crippen MR) is 124 cm³/mol. The van der Waals surface area contributed by atoms with Crippen LogP contribution in [0.1, 0.15) is 42.4 Å². The van der Waals surface area contributed by atoms with Crippen LogP contribution in [0.5, 0.6) is 0 Å². The van der Waals surface area contributed by atoms with Crippen molar-refractivity contribution < 1.29 is 0 Å². The van der Waals surface area contributed by atoms with Gasteiger partial charge in [0.2, 0.25) is 0 Å². The molecule has 0 amide bonds. The Balaban J connectivity index is 1.52. The predicted octanol–water partition coefficient (Wildman–Crippen LogP) is 3.99. The summed E-state index contributed by atoms with van der Waals surface area (Å²) in [4.78, 5) is 14.9. The highest BCUT2D eigenvalue weighted by Crippen LogP contribution is 2.35. The van der Waals surface area contributed by atoms with E-state index >= 15 is 0 Å². The summed E-state index contributed by atoms with van der Waals surface area (Å²) in [5, 5.41) is 2.67. The number of nitrogens with two attached hydrogens (primary N) is 1. The normalized spacial score (nSPS) is 17.4. The van der Waals surface area contributed by atoms with Gasteiger partial charge in [0.25, 0.3) is 0 Å². The molecule has 5 heteroatoms. The molecule has 2 N–H and O–H groups in total. The number of benzene rings is 2. The third-order valence-corrected chi connectivity index (χ3v) is 6.68. The number of hydrogen-bond acceptors (Lipinski definition) is 5. The SMILES string of the molecule is CCc1nc2c(c(N3CCC(N)CC3)n1)CCN(c1cccc3cccc(C)c13)C2. The van der Waals surface area contributed by atoms with Gasteiger partial charge >= 0.3 is 0 Å². The Morgan fingerprint density at radius 1 is 1.00 bits per heavy atom. The quantitative estimate of drug-likeness (QED) is 0.719. The first-order valence-electron chi connectivity index (χ1n) is 11.3. The van der Waals surface area contributed by atoms with Gasteiger partial charge in [-0.3, -0.25) is 0 Å². The van der Waals surface area contributed by atoms with Crippen LogP contribution in [0.2, 0.25) is 0 Å². The molecule has 0 aliphatic carbocycles. The van der Waals surface area contributed by atoms with Crippen molar-refractivity contribution in [2.45, 2.75) is 52.1 Å². The van der Waals surface area contributed by atoms with E-state index in [1.165, 1.54) is 33.3 Å². The van der Waals surface area contributed by atoms with E-state index in [1.807, 2.05) is 0 Å². The van der Waals surface area contributed by atoms with Gasteiger partial charge in [-0.05, 0) is 43.2 Å². The highest BCUT2D eigenvalue weighted by atomic mass is 15.2. The van der Waals surface area contributed by atoms with Crippen LogP contribution >= 0.6 is 0 Å². The average molecular weight is 402 g/mol. The van der Waals surface area contributed by atoms with Crippen molar-refractivity contribution in [2.24, 2.45) is 5.73 Å². The lowest BCUT2D eigenvalue weighted by Gasteiger charge is -2.36. The second-order valence-corrected chi connectivity index (χ2v) is 8.69. The third-order valence-electron chi connectivity index (χ3n) is 6.68. The summed E-state index contributed by atoms with van der Waals surface area (Å²) < 4.78 is 0. The van der Waals surface area contributed by atoms with Crippen LogP contribution < -0.4 is 15.5 Å². The van der Waals surface area contributed by atoms with Gasteiger partial charge in [-0.25, -0.2) is 9.97 Å². The van der Waals surface area contributed by atoms with E-state index < -0.39 is 0 Å². The molecule has 5 rings (SSSR count). The molecule has 2 aliphatic rings. The Morgan fingerprint density at radius 2 is 1.77 bits per heavy atom. The van der Waals surface area contributed by atoms with E-state index in [4.69, 9.17) is 15.7 Å². The van der Waals surface area contributed by atoms with Crippen LogP contribution in [0.3, 0.4) is 0 Å². The molecule has 0 bridgehead atoms. The fraction of sp³-hybridized carbons (Fsp3) is 0.440. The Morgan fingerprint density at radius 3 is 2.53 bits per heavy atom. The van der Waals surface area contributed by atoms with Crippen LogP contribution in [0.25, 0.3) is 10.8 Å². The molecule has 0 spiro atoms. The maximum atomic E-state index is 6.14. The summed E-state index contributed by atoms with van der Waals surface area (Å²) >= 11 is 0. The number of aromatic nitrogens is 2. The first-order chi connectivity index (χ1) is 14.6. The van der Waals surface area contributed by atoms with Gasteiger partial charge in [0.05, 0.1) is 12.2 Å². The Hall–Kier alpha value is -2.66. The van der Waals surface area contributed by atoms with Crippen molar-refractivity contribution in [1.82, 2.24) is 9.97 Å². The van der Waals surface area contributed by atoms with Crippen molar-refractivity contribution in [1.29, 1.82) is 0 Å². The van der Waals surface area contributed by atoms with E-state index in [2.05, 4.69) is 60.0 Å². The maximum Gasteiger partial charge on any atom is 0.135 e.